The zero-order valence-corrected chi connectivity index (χ0v) is 11.7. The number of carbonyl (C=O) groups is 1. The average molecular weight is 285 g/mol. The molecular formula is C12H19N3O3S. The van der Waals surface area contributed by atoms with Gasteiger partial charge in [0.2, 0.25) is 10.0 Å². The molecule has 0 saturated heterocycles. The molecule has 0 aromatic carbocycles. The van der Waals surface area contributed by atoms with Crippen LogP contribution >= 0.6 is 0 Å². The van der Waals surface area contributed by atoms with Gasteiger partial charge in [-0.15, -0.1) is 0 Å². The van der Waals surface area contributed by atoms with E-state index in [2.05, 4.69) is 10.3 Å². The number of H-pyrrole nitrogens is 1. The van der Waals surface area contributed by atoms with E-state index >= 15 is 0 Å². The Hall–Kier alpha value is -1.34. The largest absolute Gasteiger partial charge is 0.356 e. The predicted molar refractivity (Wildman–Crippen MR) is 71.1 cm³/mol. The van der Waals surface area contributed by atoms with E-state index in [1.54, 1.807) is 0 Å². The molecule has 4 N–H and O–H groups in total. The van der Waals surface area contributed by atoms with Crippen LogP contribution in [0.1, 0.15) is 43.1 Å². The van der Waals surface area contributed by atoms with E-state index in [1.807, 2.05) is 6.92 Å². The minimum absolute atomic E-state index is 0.0760. The Morgan fingerprint density at radius 2 is 2.26 bits per heavy atom. The zero-order chi connectivity index (χ0) is 14.0. The third-order valence-electron chi connectivity index (χ3n) is 3.37. The monoisotopic (exact) mass is 285 g/mol. The zero-order valence-electron chi connectivity index (χ0n) is 10.8. The van der Waals surface area contributed by atoms with Crippen LogP contribution in [0.15, 0.2) is 17.2 Å². The van der Waals surface area contributed by atoms with Gasteiger partial charge < -0.3 is 10.3 Å². The Labute approximate surface area is 112 Å². The van der Waals surface area contributed by atoms with E-state index in [0.29, 0.717) is 0 Å². The summed E-state index contributed by atoms with van der Waals surface area (Å²) in [6.45, 7) is 2.03. The third kappa shape index (κ3) is 3.81. The van der Waals surface area contributed by atoms with Gasteiger partial charge in [0.1, 0.15) is 5.69 Å². The summed E-state index contributed by atoms with van der Waals surface area (Å²) in [5, 5.41) is 7.91. The number of nitrogens with two attached hydrogens (primary N) is 1. The van der Waals surface area contributed by atoms with Crippen molar-refractivity contribution in [1.82, 2.24) is 10.3 Å². The first kappa shape index (κ1) is 14.1. The van der Waals surface area contributed by atoms with Gasteiger partial charge in [0.25, 0.3) is 5.91 Å². The standard InChI is InChI=1S/C12H19N3O3S/c1-2-9(5-8-3-4-8)15-12(16)11-6-10(7-14-11)19(13,17)18/h6-9,14H,2-5H2,1H3,(H,15,16)(H2,13,17,18). The van der Waals surface area contributed by atoms with E-state index in [-0.39, 0.29) is 22.5 Å². The Bertz CT molecular complexity index is 561. The van der Waals surface area contributed by atoms with Crippen molar-refractivity contribution >= 4 is 15.9 Å². The molecule has 1 aliphatic rings. The Morgan fingerprint density at radius 3 is 2.74 bits per heavy atom. The van der Waals surface area contributed by atoms with Crippen molar-refractivity contribution in [2.75, 3.05) is 0 Å². The number of hydrogen-bond donors (Lipinski definition) is 3. The maximum absolute atomic E-state index is 12.0. The minimum Gasteiger partial charge on any atom is -0.356 e. The number of amides is 1. The summed E-state index contributed by atoms with van der Waals surface area (Å²) in [5.41, 5.74) is 0.221. The van der Waals surface area contributed by atoms with Gasteiger partial charge in [-0.2, -0.15) is 0 Å². The fraction of sp³-hybridized carbons (Fsp3) is 0.583. The van der Waals surface area contributed by atoms with Crippen LogP contribution in [-0.2, 0) is 10.0 Å². The van der Waals surface area contributed by atoms with Gasteiger partial charge >= 0.3 is 0 Å². The number of nitrogens with one attached hydrogen (secondary N) is 2. The van der Waals surface area contributed by atoms with Crippen LogP contribution in [0.4, 0.5) is 0 Å². The number of aromatic amines is 1. The summed E-state index contributed by atoms with van der Waals surface area (Å²) >= 11 is 0. The third-order valence-corrected chi connectivity index (χ3v) is 4.27. The first-order valence-electron chi connectivity index (χ1n) is 6.42. The second kappa shape index (κ2) is 5.34. The van der Waals surface area contributed by atoms with Crippen molar-refractivity contribution in [2.45, 2.75) is 43.5 Å². The molecule has 6 nitrogen and oxygen atoms in total. The average Bonchev–Trinajstić information content (AvgIpc) is 2.98. The van der Waals surface area contributed by atoms with Gasteiger partial charge in [0, 0.05) is 12.2 Å². The Balaban J connectivity index is 2.00. The molecule has 1 heterocycles. The number of sulfonamides is 1. The van der Waals surface area contributed by atoms with Gasteiger partial charge in [-0.3, -0.25) is 4.79 Å². The van der Waals surface area contributed by atoms with Crippen molar-refractivity contribution in [3.05, 3.63) is 18.0 Å². The van der Waals surface area contributed by atoms with E-state index in [9.17, 15) is 13.2 Å². The highest BCUT2D eigenvalue weighted by Crippen LogP contribution is 2.34. The fourth-order valence-electron chi connectivity index (χ4n) is 2.02. The number of aromatic nitrogens is 1. The molecule has 0 aliphatic heterocycles. The summed E-state index contributed by atoms with van der Waals surface area (Å²) in [6, 6.07) is 1.40. The molecule has 1 aromatic heterocycles. The molecule has 0 bridgehead atoms. The summed E-state index contributed by atoms with van der Waals surface area (Å²) in [4.78, 5) is 14.5. The molecular weight excluding hydrogens is 266 g/mol. The topological polar surface area (TPSA) is 105 Å². The van der Waals surface area contributed by atoms with E-state index < -0.39 is 10.0 Å². The summed E-state index contributed by atoms with van der Waals surface area (Å²) in [6.07, 6.45) is 5.57. The summed E-state index contributed by atoms with van der Waals surface area (Å²) < 4.78 is 22.3. The smallest absolute Gasteiger partial charge is 0.267 e. The quantitative estimate of drug-likeness (QED) is 0.725. The SMILES string of the molecule is CCC(CC1CC1)NC(=O)c1cc(S(N)(=O)=O)c[nH]1. The first-order valence-corrected chi connectivity index (χ1v) is 7.97. The lowest BCUT2D eigenvalue weighted by Crippen LogP contribution is -2.34. The Kier molecular flexibility index (Phi) is 3.96. The lowest BCUT2D eigenvalue weighted by molar-refractivity contribution is 0.0928. The van der Waals surface area contributed by atoms with Crippen molar-refractivity contribution < 1.29 is 13.2 Å². The molecule has 1 unspecified atom stereocenters. The van der Waals surface area contributed by atoms with Crippen molar-refractivity contribution in [3.63, 3.8) is 0 Å². The molecule has 1 aromatic rings. The fourth-order valence-corrected chi connectivity index (χ4v) is 2.52. The highest BCUT2D eigenvalue weighted by Gasteiger charge is 2.26. The predicted octanol–water partition coefficient (Wildman–Crippen LogP) is 0.971. The molecule has 0 radical (unpaired) electrons. The highest BCUT2D eigenvalue weighted by molar-refractivity contribution is 7.89. The molecule has 2 rings (SSSR count). The van der Waals surface area contributed by atoms with E-state index in [4.69, 9.17) is 5.14 Å². The van der Waals surface area contributed by atoms with E-state index in [0.717, 1.165) is 18.8 Å². The summed E-state index contributed by atoms with van der Waals surface area (Å²) in [7, 11) is -3.77. The van der Waals surface area contributed by atoms with Crippen molar-refractivity contribution in [1.29, 1.82) is 0 Å². The maximum Gasteiger partial charge on any atom is 0.267 e. The molecule has 1 aliphatic carbocycles. The highest BCUT2D eigenvalue weighted by atomic mass is 32.2. The van der Waals surface area contributed by atoms with Crippen LogP contribution in [-0.4, -0.2) is 25.4 Å². The second-order valence-corrected chi connectivity index (χ2v) is 6.61. The molecule has 0 spiro atoms. The molecule has 1 atom stereocenters. The van der Waals surface area contributed by atoms with Gasteiger partial charge in [-0.25, -0.2) is 13.6 Å². The normalized spacial score (nSPS) is 17.2. The van der Waals surface area contributed by atoms with Crippen LogP contribution < -0.4 is 10.5 Å². The van der Waals surface area contributed by atoms with E-state index in [1.165, 1.54) is 25.1 Å². The molecule has 1 saturated carbocycles. The van der Waals surface area contributed by atoms with Crippen molar-refractivity contribution in [3.8, 4) is 0 Å². The molecule has 1 amide bonds. The molecule has 19 heavy (non-hydrogen) atoms. The first-order chi connectivity index (χ1) is 8.90. The van der Waals surface area contributed by atoms with Gasteiger partial charge in [-0.05, 0) is 24.8 Å². The van der Waals surface area contributed by atoms with Gasteiger partial charge in [-0.1, -0.05) is 19.8 Å². The van der Waals surface area contributed by atoms with Crippen molar-refractivity contribution in [2.24, 2.45) is 11.1 Å². The summed E-state index contributed by atoms with van der Waals surface area (Å²) in [5.74, 6) is 0.441. The maximum atomic E-state index is 12.0. The molecule has 7 heteroatoms. The second-order valence-electron chi connectivity index (χ2n) is 5.05. The van der Waals surface area contributed by atoms with Crippen LogP contribution in [0.25, 0.3) is 0 Å². The lowest BCUT2D eigenvalue weighted by Gasteiger charge is -2.15. The number of carbonyl (C=O) groups excluding carboxylic acids is 1. The lowest BCUT2D eigenvalue weighted by atomic mass is 10.1. The number of hydrogen-bond acceptors (Lipinski definition) is 3. The molecule has 106 valence electrons. The van der Waals surface area contributed by atoms with Gasteiger partial charge in [0.15, 0.2) is 0 Å². The number of primary sulfonamides is 1. The Morgan fingerprint density at radius 1 is 1.58 bits per heavy atom. The minimum atomic E-state index is -3.77. The van der Waals surface area contributed by atoms with Crippen LogP contribution in [0.5, 0.6) is 0 Å². The van der Waals surface area contributed by atoms with Crippen LogP contribution in [0.3, 0.4) is 0 Å². The van der Waals surface area contributed by atoms with Crippen LogP contribution in [0, 0.1) is 5.92 Å². The van der Waals surface area contributed by atoms with Crippen LogP contribution in [0.2, 0.25) is 0 Å². The van der Waals surface area contributed by atoms with Gasteiger partial charge in [0.05, 0.1) is 4.90 Å². The molecule has 1 fully saturated rings. The number of rotatable bonds is 6.